The van der Waals surface area contributed by atoms with E-state index in [2.05, 4.69) is 94.9 Å². The van der Waals surface area contributed by atoms with Crippen LogP contribution in [0.1, 0.15) is 0 Å². The van der Waals surface area contributed by atoms with Crippen molar-refractivity contribution in [1.82, 2.24) is 9.97 Å². The summed E-state index contributed by atoms with van der Waals surface area (Å²) in [6, 6.07) is 38.5. The second kappa shape index (κ2) is 9.25. The summed E-state index contributed by atoms with van der Waals surface area (Å²) in [6.07, 6.45) is 7.60. The zero-order chi connectivity index (χ0) is 30.6. The van der Waals surface area contributed by atoms with Crippen molar-refractivity contribution in [1.29, 1.82) is 0 Å². The van der Waals surface area contributed by atoms with Crippen molar-refractivity contribution in [3.05, 3.63) is 134 Å². The average Bonchev–Trinajstić information content (AvgIpc) is 3.82. The molecule has 0 saturated carbocycles. The van der Waals surface area contributed by atoms with Gasteiger partial charge in [0.1, 0.15) is 22.3 Å². The maximum absolute atomic E-state index is 6.39. The Hall–Kier alpha value is -6.04. The molecule has 0 unspecified atom stereocenters. The van der Waals surface area contributed by atoms with Gasteiger partial charge in [0, 0.05) is 99.2 Å². The summed E-state index contributed by atoms with van der Waals surface area (Å²) in [4.78, 5) is 9.07. The summed E-state index contributed by atoms with van der Waals surface area (Å²) in [7, 11) is 0. The predicted octanol–water partition coefficient (Wildman–Crippen LogP) is 12.3. The molecule has 11 aromatic rings. The molecule has 0 aliphatic heterocycles. The molecule has 0 bridgehead atoms. The van der Waals surface area contributed by atoms with Crippen LogP contribution in [-0.2, 0) is 0 Å². The molecule has 0 amide bonds. The molecule has 5 heteroatoms. The summed E-state index contributed by atoms with van der Waals surface area (Å²) in [5.41, 5.74) is 8.03. The highest BCUT2D eigenvalue weighted by Crippen LogP contribution is 2.51. The van der Waals surface area contributed by atoms with Crippen LogP contribution in [0.3, 0.4) is 0 Å². The van der Waals surface area contributed by atoms with E-state index in [1.165, 1.54) is 41.7 Å². The smallest absolute Gasteiger partial charge is 0.136 e. The Bertz CT molecular complexity index is 2860. The van der Waals surface area contributed by atoms with Crippen molar-refractivity contribution in [3.63, 3.8) is 0 Å². The maximum Gasteiger partial charge on any atom is 0.136 e. The number of hydrogen-bond acceptors (Lipinski definition) is 5. The van der Waals surface area contributed by atoms with E-state index < -0.39 is 0 Å². The summed E-state index contributed by atoms with van der Waals surface area (Å²) < 4.78 is 15.3. The van der Waals surface area contributed by atoms with Crippen LogP contribution in [0.4, 0.5) is 0 Å². The van der Waals surface area contributed by atoms with Crippen LogP contribution < -0.4 is 0 Å². The minimum Gasteiger partial charge on any atom is -0.456 e. The zero-order valence-corrected chi connectivity index (χ0v) is 25.6. The van der Waals surface area contributed by atoms with E-state index in [1.54, 1.807) is 0 Å². The number of aromatic nitrogens is 2. The number of fused-ring (bicyclic) bond motifs is 15. The van der Waals surface area contributed by atoms with Crippen molar-refractivity contribution < 1.29 is 8.83 Å². The van der Waals surface area contributed by atoms with Crippen LogP contribution in [0, 0.1) is 0 Å². The Balaban J connectivity index is 1.38. The molecule has 0 aliphatic carbocycles. The molecule has 0 fully saturated rings. The fraction of sp³-hybridized carbons (Fsp3) is 0. The Morgan fingerprint density at radius 1 is 0.404 bits per heavy atom. The second-order valence-electron chi connectivity index (χ2n) is 12.1. The largest absolute Gasteiger partial charge is 0.456 e. The highest BCUT2D eigenvalue weighted by molar-refractivity contribution is 7.27. The van der Waals surface area contributed by atoms with Gasteiger partial charge in [0.2, 0.25) is 0 Å². The van der Waals surface area contributed by atoms with Gasteiger partial charge in [-0.15, -0.1) is 11.3 Å². The lowest BCUT2D eigenvalue weighted by Gasteiger charge is -2.11. The molecule has 0 aliphatic rings. The van der Waals surface area contributed by atoms with Crippen LogP contribution >= 0.6 is 11.3 Å². The zero-order valence-electron chi connectivity index (χ0n) is 24.8. The quantitative estimate of drug-likeness (QED) is 0.193. The fourth-order valence-electron chi connectivity index (χ4n) is 7.65. The van der Waals surface area contributed by atoms with E-state index >= 15 is 0 Å². The molecule has 6 aromatic carbocycles. The van der Waals surface area contributed by atoms with Crippen molar-refractivity contribution in [2.45, 2.75) is 0 Å². The van der Waals surface area contributed by atoms with Gasteiger partial charge in [-0.2, -0.15) is 0 Å². The van der Waals surface area contributed by atoms with Crippen molar-refractivity contribution in [2.75, 3.05) is 0 Å². The van der Waals surface area contributed by atoms with E-state index in [-0.39, 0.29) is 0 Å². The van der Waals surface area contributed by atoms with E-state index in [4.69, 9.17) is 8.83 Å². The predicted molar refractivity (Wildman–Crippen MR) is 195 cm³/mol. The van der Waals surface area contributed by atoms with E-state index in [0.717, 1.165) is 66.1 Å². The molecular formula is C42H22N2O2S. The van der Waals surface area contributed by atoms with Crippen LogP contribution in [0.2, 0.25) is 0 Å². The van der Waals surface area contributed by atoms with Gasteiger partial charge >= 0.3 is 0 Å². The lowest BCUT2D eigenvalue weighted by molar-refractivity contribution is 0.669. The average molecular weight is 619 g/mol. The Labute approximate surface area is 271 Å². The normalized spacial score (nSPS) is 12.3. The third-order valence-corrected chi connectivity index (χ3v) is 10.9. The van der Waals surface area contributed by atoms with Gasteiger partial charge < -0.3 is 8.83 Å². The molecule has 0 spiro atoms. The van der Waals surface area contributed by atoms with Crippen LogP contribution in [0.15, 0.2) is 143 Å². The second-order valence-corrected chi connectivity index (χ2v) is 13.1. The Kier molecular flexibility index (Phi) is 4.96. The third kappa shape index (κ3) is 3.41. The first-order valence-corrected chi connectivity index (χ1v) is 16.4. The monoisotopic (exact) mass is 618 g/mol. The molecule has 0 atom stereocenters. The lowest BCUT2D eigenvalue weighted by atomic mass is 9.91. The molecule has 5 heterocycles. The van der Waals surface area contributed by atoms with Gasteiger partial charge in [0.25, 0.3) is 0 Å². The van der Waals surface area contributed by atoms with Gasteiger partial charge in [-0.3, -0.25) is 9.97 Å². The molecule has 11 rings (SSSR count). The number of rotatable bonds is 2. The molecular weight excluding hydrogens is 597 g/mol. The SMILES string of the molecule is c1cncc(-c2cc3c4cc(-c5cccnc5)c5c(ccc6oc7ccccc7c65)c4sc3c3ccc4oc5ccccc5c4c23)c1. The molecule has 218 valence electrons. The van der Waals surface area contributed by atoms with Gasteiger partial charge in [0.15, 0.2) is 0 Å². The number of pyridine rings is 2. The minimum absolute atomic E-state index is 0.892. The van der Waals surface area contributed by atoms with Crippen molar-refractivity contribution in [2.24, 2.45) is 0 Å². The van der Waals surface area contributed by atoms with Crippen LogP contribution in [-0.4, -0.2) is 9.97 Å². The van der Waals surface area contributed by atoms with Gasteiger partial charge in [-0.05, 0) is 71.8 Å². The van der Waals surface area contributed by atoms with E-state index in [1.807, 2.05) is 60.4 Å². The first kappa shape index (κ1) is 25.2. The van der Waals surface area contributed by atoms with Gasteiger partial charge in [0.05, 0.1) is 0 Å². The third-order valence-electron chi connectivity index (χ3n) is 9.62. The number of hydrogen-bond donors (Lipinski definition) is 0. The lowest BCUT2D eigenvalue weighted by Crippen LogP contribution is -1.86. The molecule has 0 radical (unpaired) electrons. The fourth-order valence-corrected chi connectivity index (χ4v) is 8.97. The summed E-state index contributed by atoms with van der Waals surface area (Å²) in [5.74, 6) is 0. The van der Waals surface area contributed by atoms with Gasteiger partial charge in [-0.25, -0.2) is 0 Å². The molecule has 47 heavy (non-hydrogen) atoms. The van der Waals surface area contributed by atoms with Crippen LogP contribution in [0.5, 0.6) is 0 Å². The molecule has 4 nitrogen and oxygen atoms in total. The standard InChI is InChI=1S/C42H22N2O2S/c1-3-11-33-25(9-1)39-35(45-33)15-13-27-37(39)29(23-7-5-17-43-21-23)19-31-32-20-30(24-8-6-18-44-22-24)38-28(42(32)47-41(27)31)14-16-36-40(38)26-10-2-4-12-34(26)46-36/h1-22H. The van der Waals surface area contributed by atoms with Crippen molar-refractivity contribution in [3.8, 4) is 22.3 Å². The van der Waals surface area contributed by atoms with Crippen molar-refractivity contribution >= 4 is 96.9 Å². The summed E-state index contributed by atoms with van der Waals surface area (Å²) in [5, 5.41) is 11.8. The molecule has 0 N–H and O–H groups in total. The Morgan fingerprint density at radius 3 is 1.36 bits per heavy atom. The summed E-state index contributed by atoms with van der Waals surface area (Å²) in [6.45, 7) is 0. The number of nitrogens with zero attached hydrogens (tertiary/aromatic N) is 2. The van der Waals surface area contributed by atoms with E-state index in [9.17, 15) is 0 Å². The molecule has 5 aromatic heterocycles. The number of thiophene rings is 1. The first-order valence-electron chi connectivity index (χ1n) is 15.6. The Morgan fingerprint density at radius 2 is 0.894 bits per heavy atom. The highest BCUT2D eigenvalue weighted by Gasteiger charge is 2.23. The number of benzene rings is 6. The topological polar surface area (TPSA) is 52.1 Å². The van der Waals surface area contributed by atoms with Gasteiger partial charge in [-0.1, -0.05) is 48.5 Å². The van der Waals surface area contributed by atoms with Crippen LogP contribution in [0.25, 0.3) is 108 Å². The highest BCUT2D eigenvalue weighted by atomic mass is 32.1. The maximum atomic E-state index is 6.39. The minimum atomic E-state index is 0.892. The first-order chi connectivity index (χ1) is 23.3. The summed E-state index contributed by atoms with van der Waals surface area (Å²) >= 11 is 1.87. The van der Waals surface area contributed by atoms with E-state index in [0.29, 0.717) is 0 Å². The molecule has 0 saturated heterocycles. The number of para-hydroxylation sites is 2. The number of furan rings is 2.